The van der Waals surface area contributed by atoms with E-state index in [1.807, 2.05) is 0 Å². The molecule has 0 amide bonds. The van der Waals surface area contributed by atoms with Gasteiger partial charge in [0.1, 0.15) is 13.2 Å². The van der Waals surface area contributed by atoms with E-state index in [1.54, 1.807) is 0 Å². The minimum absolute atomic E-state index is 0.0832. The molecule has 0 N–H and O–H groups in total. The van der Waals surface area contributed by atoms with E-state index >= 15 is 0 Å². The van der Waals surface area contributed by atoms with Gasteiger partial charge in [0.15, 0.2) is 6.10 Å². The van der Waals surface area contributed by atoms with Crippen LogP contribution in [0.5, 0.6) is 0 Å². The number of esters is 3. The highest BCUT2D eigenvalue weighted by Gasteiger charge is 2.19. The number of hydrogen-bond acceptors (Lipinski definition) is 6. The first kappa shape index (κ1) is 76.9. The Kier molecular flexibility index (Phi) is 65.7. The van der Waals surface area contributed by atoms with Gasteiger partial charge in [-0.2, -0.15) is 0 Å². The minimum Gasteiger partial charge on any atom is -0.462 e. The predicted octanol–water partition coefficient (Wildman–Crippen LogP) is 24.1. The molecule has 0 aromatic heterocycles. The van der Waals surface area contributed by atoms with Crippen molar-refractivity contribution < 1.29 is 28.6 Å². The lowest BCUT2D eigenvalue weighted by Gasteiger charge is -2.18. The Balaban J connectivity index is 4.29. The van der Waals surface area contributed by atoms with Gasteiger partial charge in [0.2, 0.25) is 0 Å². The van der Waals surface area contributed by atoms with Gasteiger partial charge in [0.05, 0.1) is 0 Å². The topological polar surface area (TPSA) is 78.9 Å². The number of allylic oxidation sites excluding steroid dienone is 12. The van der Waals surface area contributed by atoms with Crippen LogP contribution >= 0.6 is 0 Å². The number of unbranched alkanes of at least 4 members (excludes halogenated alkanes) is 41. The third-order valence-corrected chi connectivity index (χ3v) is 15.4. The molecule has 0 aromatic carbocycles. The molecule has 0 aliphatic heterocycles. The average molecular weight is 1120 g/mol. The number of ether oxygens (including phenoxy) is 3. The third-order valence-electron chi connectivity index (χ3n) is 15.4. The lowest BCUT2D eigenvalue weighted by atomic mass is 10.0. The van der Waals surface area contributed by atoms with Gasteiger partial charge in [0, 0.05) is 19.3 Å². The fourth-order valence-corrected chi connectivity index (χ4v) is 10.1. The third kappa shape index (κ3) is 65.7. The van der Waals surface area contributed by atoms with Crippen molar-refractivity contribution in [3.05, 3.63) is 72.9 Å². The van der Waals surface area contributed by atoms with Gasteiger partial charge in [-0.1, -0.05) is 306 Å². The highest BCUT2D eigenvalue weighted by molar-refractivity contribution is 5.71. The second-order valence-electron chi connectivity index (χ2n) is 23.4. The fraction of sp³-hybridized carbons (Fsp3) is 0.797. The van der Waals surface area contributed by atoms with Crippen molar-refractivity contribution in [2.24, 2.45) is 0 Å². The summed E-state index contributed by atoms with van der Waals surface area (Å²) in [5, 5.41) is 0. The zero-order valence-corrected chi connectivity index (χ0v) is 53.3. The van der Waals surface area contributed by atoms with Crippen molar-refractivity contribution in [2.45, 2.75) is 367 Å². The Labute approximate surface area is 497 Å². The molecule has 0 radical (unpaired) electrons. The van der Waals surface area contributed by atoms with Gasteiger partial charge in [-0.25, -0.2) is 0 Å². The zero-order chi connectivity index (χ0) is 57.8. The Hall–Kier alpha value is -3.15. The number of rotatable bonds is 64. The van der Waals surface area contributed by atoms with Crippen LogP contribution in [0.25, 0.3) is 0 Å². The Bertz CT molecular complexity index is 1470. The van der Waals surface area contributed by atoms with Crippen LogP contribution in [0.3, 0.4) is 0 Å². The molecule has 0 bridgehead atoms. The highest BCUT2D eigenvalue weighted by atomic mass is 16.6. The van der Waals surface area contributed by atoms with Crippen LogP contribution in [0.4, 0.5) is 0 Å². The molecule has 464 valence electrons. The summed E-state index contributed by atoms with van der Waals surface area (Å²) in [4.78, 5) is 38.4. The van der Waals surface area contributed by atoms with Crippen molar-refractivity contribution in [1.29, 1.82) is 0 Å². The molecule has 0 saturated carbocycles. The monoisotopic (exact) mass is 1120 g/mol. The largest absolute Gasteiger partial charge is 0.462 e. The first-order valence-corrected chi connectivity index (χ1v) is 34.9. The average Bonchev–Trinajstić information content (AvgIpc) is 3.46. The molecule has 0 spiro atoms. The summed E-state index contributed by atoms with van der Waals surface area (Å²) in [6, 6.07) is 0. The molecule has 0 fully saturated rings. The molecule has 0 aromatic rings. The number of carbonyl (C=O) groups is 3. The van der Waals surface area contributed by atoms with E-state index in [2.05, 4.69) is 93.7 Å². The molecule has 1 atom stereocenters. The van der Waals surface area contributed by atoms with E-state index in [1.165, 1.54) is 218 Å². The standard InChI is InChI=1S/C74H132O6/c1-4-7-10-13-16-19-22-25-28-30-32-34-35-36-37-38-39-41-42-44-46-49-52-55-58-61-64-67-73(76)79-70-71(69-78-72(75)66-63-60-57-54-51-48-27-24-21-18-15-12-9-6-3)80-74(77)68-65-62-59-56-53-50-47-45-43-40-33-31-29-26-23-20-17-14-11-8-5-2/h15,18,23-24,26-27,30-33,43,45,71H,4-14,16-17,19-22,25,28-29,34-42,44,46-70H2,1-3H3/b18-15-,26-23-,27-24-,32-30-,33-31-,45-43-. The second kappa shape index (κ2) is 68.3. The van der Waals surface area contributed by atoms with Crippen LogP contribution in [0, 0.1) is 0 Å². The zero-order valence-electron chi connectivity index (χ0n) is 53.3. The molecular weight excluding hydrogens is 985 g/mol. The molecular formula is C74H132O6. The van der Waals surface area contributed by atoms with Crippen LogP contribution < -0.4 is 0 Å². The molecule has 80 heavy (non-hydrogen) atoms. The molecule has 6 nitrogen and oxygen atoms in total. The summed E-state index contributed by atoms with van der Waals surface area (Å²) >= 11 is 0. The van der Waals surface area contributed by atoms with Gasteiger partial charge in [0.25, 0.3) is 0 Å². The van der Waals surface area contributed by atoms with Crippen molar-refractivity contribution in [2.75, 3.05) is 13.2 Å². The summed E-state index contributed by atoms with van der Waals surface area (Å²) < 4.78 is 17.0. The SMILES string of the molecule is CCCC/C=C\C/C=C\CCCCCCCC(=O)OCC(COC(=O)CCCCCCCCCCCCCCCCC/C=C\CCCCCCCCCC)OC(=O)CCCCCCCC/C=C\C/C=C\C/C=C\CCCCCCC. The van der Waals surface area contributed by atoms with Gasteiger partial charge in [-0.3, -0.25) is 14.4 Å². The van der Waals surface area contributed by atoms with Crippen LogP contribution in [0.15, 0.2) is 72.9 Å². The van der Waals surface area contributed by atoms with E-state index in [-0.39, 0.29) is 31.1 Å². The highest BCUT2D eigenvalue weighted by Crippen LogP contribution is 2.17. The molecule has 6 heteroatoms. The predicted molar refractivity (Wildman–Crippen MR) is 348 cm³/mol. The van der Waals surface area contributed by atoms with Crippen molar-refractivity contribution in [1.82, 2.24) is 0 Å². The number of hydrogen-bond donors (Lipinski definition) is 0. The smallest absolute Gasteiger partial charge is 0.306 e. The molecule has 0 saturated heterocycles. The van der Waals surface area contributed by atoms with E-state index in [9.17, 15) is 14.4 Å². The van der Waals surface area contributed by atoms with Crippen LogP contribution in [0.2, 0.25) is 0 Å². The maximum absolute atomic E-state index is 12.9. The van der Waals surface area contributed by atoms with Gasteiger partial charge in [-0.15, -0.1) is 0 Å². The van der Waals surface area contributed by atoms with Gasteiger partial charge >= 0.3 is 17.9 Å². The Morgan fingerprint density at radius 3 is 0.750 bits per heavy atom. The molecule has 1 unspecified atom stereocenters. The van der Waals surface area contributed by atoms with E-state index < -0.39 is 6.10 Å². The summed E-state index contributed by atoms with van der Waals surface area (Å²) in [7, 11) is 0. The van der Waals surface area contributed by atoms with Crippen molar-refractivity contribution in [3.8, 4) is 0 Å². The van der Waals surface area contributed by atoms with Crippen molar-refractivity contribution >= 4 is 17.9 Å². The summed E-state index contributed by atoms with van der Waals surface area (Å²) in [5.74, 6) is -0.893. The summed E-state index contributed by atoms with van der Waals surface area (Å²) in [6.45, 7) is 6.61. The first-order chi connectivity index (χ1) is 39.5. The number of carbonyl (C=O) groups excluding carboxylic acids is 3. The maximum atomic E-state index is 12.9. The van der Waals surface area contributed by atoms with E-state index in [0.717, 1.165) is 103 Å². The maximum Gasteiger partial charge on any atom is 0.306 e. The van der Waals surface area contributed by atoms with Crippen LogP contribution in [-0.2, 0) is 28.6 Å². The lowest BCUT2D eigenvalue weighted by Crippen LogP contribution is -2.30. The second-order valence-corrected chi connectivity index (χ2v) is 23.4. The first-order valence-electron chi connectivity index (χ1n) is 34.9. The van der Waals surface area contributed by atoms with E-state index in [0.29, 0.717) is 19.3 Å². The molecule has 0 aliphatic rings. The molecule has 0 aliphatic carbocycles. The summed E-state index contributed by atoms with van der Waals surface area (Å²) in [5.41, 5.74) is 0. The fourth-order valence-electron chi connectivity index (χ4n) is 10.1. The van der Waals surface area contributed by atoms with Crippen LogP contribution in [-0.4, -0.2) is 37.2 Å². The van der Waals surface area contributed by atoms with Gasteiger partial charge < -0.3 is 14.2 Å². The molecule has 0 rings (SSSR count). The minimum atomic E-state index is -0.790. The van der Waals surface area contributed by atoms with Gasteiger partial charge in [-0.05, 0) is 109 Å². The quantitative estimate of drug-likeness (QED) is 0.0261. The van der Waals surface area contributed by atoms with E-state index in [4.69, 9.17) is 14.2 Å². The van der Waals surface area contributed by atoms with Crippen molar-refractivity contribution in [3.63, 3.8) is 0 Å². The Morgan fingerprint density at radius 1 is 0.250 bits per heavy atom. The normalized spacial score (nSPS) is 12.5. The Morgan fingerprint density at radius 2 is 0.463 bits per heavy atom. The lowest BCUT2D eigenvalue weighted by molar-refractivity contribution is -0.167. The molecule has 0 heterocycles. The van der Waals surface area contributed by atoms with Crippen LogP contribution in [0.1, 0.15) is 361 Å². The summed E-state index contributed by atoms with van der Waals surface area (Å²) in [6.07, 6.45) is 89.3.